The number of aliphatic imine (C=N–C) groups is 1. The van der Waals surface area contributed by atoms with E-state index in [1.165, 1.54) is 0 Å². The van der Waals surface area contributed by atoms with Gasteiger partial charge in [0.05, 0.1) is 6.61 Å². The predicted octanol–water partition coefficient (Wildman–Crippen LogP) is 1.82. The van der Waals surface area contributed by atoms with Gasteiger partial charge in [-0.05, 0) is 41.6 Å². The maximum atomic E-state index is 9.17. The predicted molar refractivity (Wildman–Crippen MR) is 67.1 cm³/mol. The van der Waals surface area contributed by atoms with Crippen LogP contribution in [0.15, 0.2) is 29.3 Å². The lowest BCUT2D eigenvalue weighted by atomic mass is 10.1. The van der Waals surface area contributed by atoms with Crippen molar-refractivity contribution in [2.24, 2.45) is 4.99 Å². The molecule has 1 N–H and O–H groups in total. The molecular formula is C11H12INO2. The standard InChI is InChI=1S/C11H12INO2/c1-11(6-14)7-15-10(13-11)8-4-2-3-5-9(8)12/h2-5,14H,6-7H2,1H3/t11-/m0/s1. The van der Waals surface area contributed by atoms with Crippen molar-refractivity contribution in [1.82, 2.24) is 0 Å². The Hall–Kier alpha value is -0.620. The summed E-state index contributed by atoms with van der Waals surface area (Å²) in [6.45, 7) is 2.35. The minimum atomic E-state index is -0.478. The van der Waals surface area contributed by atoms with E-state index in [0.717, 1.165) is 9.13 Å². The molecule has 0 aromatic heterocycles. The Morgan fingerprint density at radius 3 is 2.87 bits per heavy atom. The van der Waals surface area contributed by atoms with Crippen LogP contribution in [0.2, 0.25) is 0 Å². The van der Waals surface area contributed by atoms with Crippen LogP contribution in [0, 0.1) is 3.57 Å². The average Bonchev–Trinajstić information content (AvgIpc) is 2.63. The van der Waals surface area contributed by atoms with Crippen LogP contribution in [-0.4, -0.2) is 29.8 Å². The number of aliphatic hydroxyl groups is 1. The lowest BCUT2D eigenvalue weighted by molar-refractivity contribution is 0.170. The second-order valence-corrected chi connectivity index (χ2v) is 5.00. The number of hydrogen-bond acceptors (Lipinski definition) is 3. The molecular weight excluding hydrogens is 305 g/mol. The third-order valence-corrected chi connectivity index (χ3v) is 3.28. The largest absolute Gasteiger partial charge is 0.475 e. The van der Waals surface area contributed by atoms with E-state index in [4.69, 9.17) is 4.74 Å². The number of rotatable bonds is 2. The molecule has 0 bridgehead atoms. The third-order valence-electron chi connectivity index (χ3n) is 2.34. The zero-order valence-electron chi connectivity index (χ0n) is 8.40. The van der Waals surface area contributed by atoms with Crippen LogP contribution >= 0.6 is 22.6 Å². The van der Waals surface area contributed by atoms with Gasteiger partial charge in [-0.2, -0.15) is 0 Å². The van der Waals surface area contributed by atoms with Gasteiger partial charge in [0, 0.05) is 9.13 Å². The highest BCUT2D eigenvalue weighted by atomic mass is 127. The third kappa shape index (κ3) is 2.15. The van der Waals surface area contributed by atoms with Gasteiger partial charge < -0.3 is 9.84 Å². The minimum Gasteiger partial charge on any atom is -0.475 e. The van der Waals surface area contributed by atoms with Crippen LogP contribution in [0.5, 0.6) is 0 Å². The molecule has 1 atom stereocenters. The van der Waals surface area contributed by atoms with Crippen LogP contribution in [-0.2, 0) is 4.74 Å². The normalized spacial score (nSPS) is 24.9. The fourth-order valence-electron chi connectivity index (χ4n) is 1.39. The zero-order chi connectivity index (χ0) is 10.9. The van der Waals surface area contributed by atoms with E-state index in [9.17, 15) is 5.11 Å². The van der Waals surface area contributed by atoms with Gasteiger partial charge in [-0.15, -0.1) is 0 Å². The van der Waals surface area contributed by atoms with E-state index < -0.39 is 5.54 Å². The van der Waals surface area contributed by atoms with E-state index in [1.807, 2.05) is 31.2 Å². The highest BCUT2D eigenvalue weighted by Crippen LogP contribution is 2.23. The quantitative estimate of drug-likeness (QED) is 0.846. The fourth-order valence-corrected chi connectivity index (χ4v) is 2.01. The maximum Gasteiger partial charge on any atom is 0.218 e. The maximum absolute atomic E-state index is 9.17. The molecule has 2 rings (SSSR count). The molecule has 0 amide bonds. The summed E-state index contributed by atoms with van der Waals surface area (Å²) < 4.78 is 6.62. The Morgan fingerprint density at radius 1 is 1.53 bits per heavy atom. The second-order valence-electron chi connectivity index (χ2n) is 3.84. The number of halogens is 1. The van der Waals surface area contributed by atoms with Gasteiger partial charge in [-0.1, -0.05) is 12.1 Å². The summed E-state index contributed by atoms with van der Waals surface area (Å²) in [5.74, 6) is 0.636. The van der Waals surface area contributed by atoms with Crippen molar-refractivity contribution in [3.8, 4) is 0 Å². The van der Waals surface area contributed by atoms with Crippen LogP contribution in [0.3, 0.4) is 0 Å². The van der Waals surface area contributed by atoms with Crippen molar-refractivity contribution >= 4 is 28.5 Å². The van der Waals surface area contributed by atoms with Gasteiger partial charge in [0.25, 0.3) is 0 Å². The first-order valence-corrected chi connectivity index (χ1v) is 5.81. The number of nitrogens with zero attached hydrogens (tertiary/aromatic N) is 1. The molecule has 1 aliphatic rings. The van der Waals surface area contributed by atoms with Crippen molar-refractivity contribution in [3.05, 3.63) is 33.4 Å². The molecule has 1 heterocycles. The van der Waals surface area contributed by atoms with Crippen molar-refractivity contribution in [1.29, 1.82) is 0 Å². The first-order valence-electron chi connectivity index (χ1n) is 4.73. The van der Waals surface area contributed by atoms with E-state index in [0.29, 0.717) is 12.5 Å². The van der Waals surface area contributed by atoms with Gasteiger partial charge >= 0.3 is 0 Å². The van der Waals surface area contributed by atoms with E-state index in [-0.39, 0.29) is 6.61 Å². The zero-order valence-corrected chi connectivity index (χ0v) is 10.6. The summed E-state index contributed by atoms with van der Waals surface area (Å²) in [4.78, 5) is 4.41. The van der Waals surface area contributed by atoms with Crippen molar-refractivity contribution < 1.29 is 9.84 Å². The molecule has 80 valence electrons. The van der Waals surface area contributed by atoms with Crippen LogP contribution < -0.4 is 0 Å². The molecule has 15 heavy (non-hydrogen) atoms. The van der Waals surface area contributed by atoms with E-state index in [2.05, 4.69) is 27.6 Å². The monoisotopic (exact) mass is 317 g/mol. The molecule has 0 unspecified atom stereocenters. The van der Waals surface area contributed by atoms with Crippen molar-refractivity contribution in [2.45, 2.75) is 12.5 Å². The van der Waals surface area contributed by atoms with Gasteiger partial charge in [0.15, 0.2) is 0 Å². The first kappa shape index (κ1) is 10.9. The highest BCUT2D eigenvalue weighted by molar-refractivity contribution is 14.1. The molecule has 1 aliphatic heterocycles. The SMILES string of the molecule is C[C@]1(CO)COC(c2ccccc2I)=N1. The van der Waals surface area contributed by atoms with Crippen LogP contribution in [0.1, 0.15) is 12.5 Å². The number of hydrogen-bond donors (Lipinski definition) is 1. The number of aliphatic hydroxyl groups excluding tert-OH is 1. The molecule has 0 saturated heterocycles. The molecule has 1 aromatic rings. The molecule has 0 spiro atoms. The van der Waals surface area contributed by atoms with Crippen molar-refractivity contribution in [2.75, 3.05) is 13.2 Å². The smallest absolute Gasteiger partial charge is 0.218 e. The number of ether oxygens (including phenoxy) is 1. The Kier molecular flexibility index (Phi) is 2.97. The topological polar surface area (TPSA) is 41.8 Å². The first-order chi connectivity index (χ1) is 7.14. The molecule has 1 aromatic carbocycles. The fraction of sp³-hybridized carbons (Fsp3) is 0.364. The molecule has 0 aliphatic carbocycles. The lowest BCUT2D eigenvalue weighted by Crippen LogP contribution is -2.28. The Balaban J connectivity index is 2.35. The van der Waals surface area contributed by atoms with Crippen LogP contribution in [0.4, 0.5) is 0 Å². The molecule has 0 fully saturated rings. The Bertz CT molecular complexity index is 405. The van der Waals surface area contributed by atoms with Gasteiger partial charge in [0.1, 0.15) is 12.1 Å². The summed E-state index contributed by atoms with van der Waals surface area (Å²) in [7, 11) is 0. The second kappa shape index (κ2) is 4.09. The lowest BCUT2D eigenvalue weighted by Gasteiger charge is -2.12. The summed E-state index contributed by atoms with van der Waals surface area (Å²) in [6.07, 6.45) is 0. The number of benzene rings is 1. The summed E-state index contributed by atoms with van der Waals surface area (Å²) in [6, 6.07) is 7.92. The molecule has 3 nitrogen and oxygen atoms in total. The van der Waals surface area contributed by atoms with Gasteiger partial charge in [0.2, 0.25) is 5.90 Å². The molecule has 0 radical (unpaired) electrons. The van der Waals surface area contributed by atoms with Crippen molar-refractivity contribution in [3.63, 3.8) is 0 Å². The van der Waals surface area contributed by atoms with Crippen LogP contribution in [0.25, 0.3) is 0 Å². The average molecular weight is 317 g/mol. The summed E-state index contributed by atoms with van der Waals surface area (Å²) >= 11 is 2.25. The summed E-state index contributed by atoms with van der Waals surface area (Å²) in [5, 5.41) is 9.17. The minimum absolute atomic E-state index is 0.0138. The van der Waals surface area contributed by atoms with Gasteiger partial charge in [-0.3, -0.25) is 0 Å². The Labute approximate surface area is 102 Å². The highest BCUT2D eigenvalue weighted by Gasteiger charge is 2.31. The molecule has 0 saturated carbocycles. The van der Waals surface area contributed by atoms with E-state index in [1.54, 1.807) is 0 Å². The van der Waals surface area contributed by atoms with Gasteiger partial charge in [-0.25, -0.2) is 4.99 Å². The van der Waals surface area contributed by atoms with E-state index >= 15 is 0 Å². The molecule has 4 heteroatoms. The summed E-state index contributed by atoms with van der Waals surface area (Å²) in [5.41, 5.74) is 0.518. The Morgan fingerprint density at radius 2 is 2.27 bits per heavy atom.